The van der Waals surface area contributed by atoms with Crippen molar-refractivity contribution in [1.82, 2.24) is 54.7 Å². The van der Waals surface area contributed by atoms with Crippen LogP contribution in [0.3, 0.4) is 0 Å². The molecule has 5 rings (SSSR count). The van der Waals surface area contributed by atoms with E-state index >= 15 is 0 Å². The van der Waals surface area contributed by atoms with Crippen molar-refractivity contribution in [2.24, 2.45) is 28.7 Å². The van der Waals surface area contributed by atoms with Gasteiger partial charge in [-0.3, -0.25) is 14.4 Å². The summed E-state index contributed by atoms with van der Waals surface area (Å²) in [4.78, 5) is 61.5. The molecule has 2 aliphatic rings. The maximum atomic E-state index is 14.1. The molecular formula is C42H71N19O7. The minimum atomic E-state index is -1.05. The molecule has 3 amide bonds. The summed E-state index contributed by atoms with van der Waals surface area (Å²) in [5.74, 6) is 2.60. The molecule has 5 heterocycles. The Morgan fingerprint density at radius 3 is 1.84 bits per heavy atom. The molecule has 1 unspecified atom stereocenters. The summed E-state index contributed by atoms with van der Waals surface area (Å²) in [6, 6.07) is -2.75. The van der Waals surface area contributed by atoms with Crippen LogP contribution in [0.25, 0.3) is 0 Å². The zero-order valence-corrected chi connectivity index (χ0v) is 39.2. The number of ether oxygens (including phenoxy) is 3. The number of aliphatic hydroxyl groups is 1. The third-order valence-electron chi connectivity index (χ3n) is 11.6. The lowest BCUT2D eigenvalue weighted by molar-refractivity contribution is -0.138. The summed E-state index contributed by atoms with van der Waals surface area (Å²) < 4.78 is 19.4. The van der Waals surface area contributed by atoms with E-state index in [-0.39, 0.29) is 30.9 Å². The van der Waals surface area contributed by atoms with E-state index in [2.05, 4.69) is 31.9 Å². The number of amides is 3. The topological polar surface area (TPSA) is 354 Å². The second-order valence-electron chi connectivity index (χ2n) is 16.7. The van der Waals surface area contributed by atoms with Crippen LogP contribution >= 0.6 is 0 Å². The van der Waals surface area contributed by atoms with E-state index in [9.17, 15) is 19.5 Å². The highest BCUT2D eigenvalue weighted by atomic mass is 16.5. The number of nitrogens with two attached hydrogens (primary N) is 5. The highest BCUT2D eigenvalue weighted by Gasteiger charge is 2.35. The van der Waals surface area contributed by atoms with Crippen LogP contribution in [-0.4, -0.2) is 195 Å². The van der Waals surface area contributed by atoms with Crippen molar-refractivity contribution in [2.45, 2.75) is 82.1 Å². The predicted molar refractivity (Wildman–Crippen MR) is 250 cm³/mol. The van der Waals surface area contributed by atoms with Gasteiger partial charge >= 0.3 is 0 Å². The van der Waals surface area contributed by atoms with Crippen LogP contribution in [0.5, 0.6) is 0 Å². The Hall–Kier alpha value is -5.66. The minimum Gasteiger partial charge on any atom is -0.391 e. The molecule has 3 aromatic heterocycles. The number of carbonyl (C=O) groups excluding carboxylic acids is 3. The largest absolute Gasteiger partial charge is 0.391 e. The first-order chi connectivity index (χ1) is 32.9. The Labute approximate surface area is 396 Å². The monoisotopic (exact) mass is 954 g/mol. The Morgan fingerprint density at radius 1 is 0.735 bits per heavy atom. The predicted octanol–water partition coefficient (Wildman–Crippen LogP) is -2.56. The molecule has 376 valence electrons. The van der Waals surface area contributed by atoms with Gasteiger partial charge in [-0.25, -0.2) is 9.36 Å². The second-order valence-corrected chi connectivity index (χ2v) is 16.7. The zero-order chi connectivity index (χ0) is 48.8. The van der Waals surface area contributed by atoms with Crippen molar-refractivity contribution in [3.8, 4) is 12.3 Å². The number of nitrogens with zero attached hydrogens (tertiary/aromatic N) is 13. The Balaban J connectivity index is 1.25. The van der Waals surface area contributed by atoms with E-state index in [1.165, 1.54) is 9.36 Å². The fraction of sp³-hybridized carbons (Fsp3) is 0.714. The summed E-state index contributed by atoms with van der Waals surface area (Å²) in [6.07, 6.45) is 11.5. The van der Waals surface area contributed by atoms with Crippen LogP contribution in [0.4, 0.5) is 17.8 Å². The fourth-order valence-electron chi connectivity index (χ4n) is 7.75. The Morgan fingerprint density at radius 2 is 1.26 bits per heavy atom. The normalized spacial score (nSPS) is 16.5. The van der Waals surface area contributed by atoms with E-state index < -0.39 is 30.1 Å². The van der Waals surface area contributed by atoms with Gasteiger partial charge < -0.3 is 72.9 Å². The molecule has 2 saturated heterocycles. The number of unbranched alkanes of at least 4 members (excludes halogenated alkanes) is 2. The van der Waals surface area contributed by atoms with Gasteiger partial charge in [-0.2, -0.15) is 15.0 Å². The third-order valence-corrected chi connectivity index (χ3v) is 11.6. The van der Waals surface area contributed by atoms with Gasteiger partial charge in [0, 0.05) is 65.3 Å². The van der Waals surface area contributed by atoms with E-state index in [0.29, 0.717) is 154 Å². The number of aliphatic hydroxyl groups excluding tert-OH is 1. The van der Waals surface area contributed by atoms with E-state index in [4.69, 9.17) is 64.3 Å². The maximum absolute atomic E-state index is 14.1. The molecule has 0 radical (unpaired) electrons. The summed E-state index contributed by atoms with van der Waals surface area (Å²) in [6.45, 7) is 8.25. The van der Waals surface area contributed by atoms with Crippen LogP contribution in [-0.2, 0) is 28.6 Å². The smallest absolute Gasteiger partial charge is 0.250 e. The number of carbonyl (C=O) groups is 3. The average Bonchev–Trinajstić information content (AvgIpc) is 4.03. The quantitative estimate of drug-likeness (QED) is 0.0267. The van der Waals surface area contributed by atoms with Gasteiger partial charge in [-0.05, 0) is 52.1 Å². The molecule has 0 spiro atoms. The molecule has 5 atom stereocenters. The van der Waals surface area contributed by atoms with Gasteiger partial charge in [-0.15, -0.1) is 16.6 Å². The van der Waals surface area contributed by atoms with Gasteiger partial charge in [0.15, 0.2) is 6.04 Å². The summed E-state index contributed by atoms with van der Waals surface area (Å²) in [7, 11) is 0. The molecule has 26 nitrogen and oxygen atoms in total. The third kappa shape index (κ3) is 16.0. The van der Waals surface area contributed by atoms with Gasteiger partial charge in [-0.1, -0.05) is 22.8 Å². The summed E-state index contributed by atoms with van der Waals surface area (Å²) >= 11 is 0. The summed E-state index contributed by atoms with van der Waals surface area (Å²) in [5.41, 5.74) is 30.1. The van der Waals surface area contributed by atoms with Crippen molar-refractivity contribution in [2.75, 3.05) is 127 Å². The van der Waals surface area contributed by atoms with Crippen LogP contribution < -0.4 is 43.8 Å². The van der Waals surface area contributed by atoms with Gasteiger partial charge in [0.25, 0.3) is 0 Å². The standard InChI is InChI=1S/C42H71N19O7/c1-3-21-66-23-25-68-26-24-67-22-12-48-40-49-41(58-17-13-56(14-18-58)38(64)35(9-5-7-11-44)60-28-34(53-54-60)32(46)27-36(47)63)51-42(50-40)59-19-15-57(16-20-59)39(65)37(30(2)62)61-29-33(52-55-61)31(45)8-4-6-10-43/h1,28-32,35,37,62H,4-27,43-46H2,2H3,(H2,47,63)(H,48,49,50,51)/t30-,31+,32+,35+,37?/m1/s1. The molecule has 26 heteroatoms. The second kappa shape index (κ2) is 28.0. The van der Waals surface area contributed by atoms with Crippen LogP contribution in [0.15, 0.2) is 12.4 Å². The number of hydrogen-bond acceptors (Lipinski definition) is 21. The van der Waals surface area contributed by atoms with Gasteiger partial charge in [0.1, 0.15) is 12.6 Å². The minimum absolute atomic E-state index is 0.101. The fourth-order valence-corrected chi connectivity index (χ4v) is 7.75. The van der Waals surface area contributed by atoms with Gasteiger partial charge in [0.2, 0.25) is 35.6 Å². The number of terminal acetylenes is 1. The zero-order valence-electron chi connectivity index (χ0n) is 39.2. The molecule has 2 aliphatic heterocycles. The number of aromatic nitrogens is 9. The lowest BCUT2D eigenvalue weighted by Gasteiger charge is -2.38. The van der Waals surface area contributed by atoms with Crippen LogP contribution in [0, 0.1) is 12.3 Å². The lowest BCUT2D eigenvalue weighted by Crippen LogP contribution is -2.53. The van der Waals surface area contributed by atoms with Crippen LogP contribution in [0.1, 0.15) is 87.4 Å². The first kappa shape index (κ1) is 53.3. The van der Waals surface area contributed by atoms with Crippen molar-refractivity contribution < 1.29 is 33.7 Å². The number of anilines is 3. The first-order valence-corrected chi connectivity index (χ1v) is 23.4. The Kier molecular flexibility index (Phi) is 21.9. The van der Waals surface area contributed by atoms with Gasteiger partial charge in [0.05, 0.1) is 75.0 Å². The molecule has 3 aromatic rings. The molecule has 12 N–H and O–H groups in total. The molecular weight excluding hydrogens is 883 g/mol. The first-order valence-electron chi connectivity index (χ1n) is 23.4. The van der Waals surface area contributed by atoms with E-state index in [1.807, 2.05) is 9.80 Å². The number of primary amides is 1. The summed E-state index contributed by atoms with van der Waals surface area (Å²) in [5, 5.41) is 30.8. The number of rotatable bonds is 30. The number of nitrogens with one attached hydrogen (secondary N) is 1. The molecule has 0 saturated carbocycles. The van der Waals surface area contributed by atoms with Crippen molar-refractivity contribution in [3.63, 3.8) is 0 Å². The van der Waals surface area contributed by atoms with Crippen molar-refractivity contribution in [3.05, 3.63) is 23.8 Å². The van der Waals surface area contributed by atoms with Crippen molar-refractivity contribution in [1.29, 1.82) is 0 Å². The lowest BCUT2D eigenvalue weighted by atomic mass is 10.1. The van der Waals surface area contributed by atoms with E-state index in [0.717, 1.165) is 19.3 Å². The number of piperazine rings is 2. The molecule has 68 heavy (non-hydrogen) atoms. The molecule has 0 aromatic carbocycles. The maximum Gasteiger partial charge on any atom is 0.250 e. The highest BCUT2D eigenvalue weighted by molar-refractivity contribution is 5.81. The SMILES string of the molecule is C#CCOCCOCCOCCNc1nc(N2CCN(C(=O)C([C@@H](C)O)n3cc([C@@H](N)CCCCN)nn3)CC2)nc(N2CCN(C(=O)[C@H](CCCCN)n3cc([C@@H](N)CC(N)=O)nn3)CC2)n1. The molecule has 0 bridgehead atoms. The van der Waals surface area contributed by atoms with Crippen LogP contribution in [0.2, 0.25) is 0 Å². The Bertz CT molecular complexity index is 2030. The van der Waals surface area contributed by atoms with E-state index in [1.54, 1.807) is 29.1 Å². The molecule has 0 aliphatic carbocycles. The molecule has 2 fully saturated rings. The average molecular weight is 954 g/mol. The number of hydrogen-bond donors (Lipinski definition) is 7. The highest BCUT2D eigenvalue weighted by Crippen LogP contribution is 2.25. The van der Waals surface area contributed by atoms with Crippen molar-refractivity contribution >= 4 is 35.6 Å².